The Morgan fingerprint density at radius 3 is 2.62 bits per heavy atom. The molecule has 1 aromatic rings. The van der Waals surface area contributed by atoms with Crippen molar-refractivity contribution in [1.82, 2.24) is 0 Å². The predicted molar refractivity (Wildman–Crippen MR) is 56.1 cm³/mol. The lowest BCUT2D eigenvalue weighted by Gasteiger charge is -2.06. The minimum atomic E-state index is -3.67. The lowest BCUT2D eigenvalue weighted by atomic mass is 10.3. The molecule has 0 bridgehead atoms. The SMILES string of the molecule is CCS(=O)(=O)Nc1cc(F)ccc1[N+](=O)[O-]. The molecule has 0 spiro atoms. The monoisotopic (exact) mass is 248 g/mol. The first-order valence-electron chi connectivity index (χ1n) is 4.30. The van der Waals surface area contributed by atoms with Crippen LogP contribution in [0.3, 0.4) is 0 Å². The highest BCUT2D eigenvalue weighted by atomic mass is 32.2. The molecule has 1 rings (SSSR count). The molecule has 0 heterocycles. The van der Waals surface area contributed by atoms with Crippen molar-refractivity contribution < 1.29 is 17.7 Å². The fourth-order valence-corrected chi connectivity index (χ4v) is 1.63. The minimum Gasteiger partial charge on any atom is -0.277 e. The minimum absolute atomic E-state index is 0.249. The summed E-state index contributed by atoms with van der Waals surface area (Å²) in [6.07, 6.45) is 0. The summed E-state index contributed by atoms with van der Waals surface area (Å²) in [6, 6.07) is 2.57. The summed E-state index contributed by atoms with van der Waals surface area (Å²) in [5.74, 6) is -1.000. The molecular weight excluding hydrogens is 239 g/mol. The van der Waals surface area contributed by atoms with Crippen molar-refractivity contribution in [3.63, 3.8) is 0 Å². The zero-order valence-corrected chi connectivity index (χ0v) is 9.12. The van der Waals surface area contributed by atoms with Gasteiger partial charge in [-0.2, -0.15) is 0 Å². The molecule has 0 unspecified atom stereocenters. The number of rotatable bonds is 4. The van der Waals surface area contributed by atoms with Gasteiger partial charge in [0.25, 0.3) is 5.69 Å². The summed E-state index contributed by atoms with van der Waals surface area (Å²) in [7, 11) is -3.67. The Hall–Kier alpha value is -1.70. The van der Waals surface area contributed by atoms with E-state index in [2.05, 4.69) is 0 Å². The van der Waals surface area contributed by atoms with Crippen molar-refractivity contribution in [3.05, 3.63) is 34.1 Å². The molecule has 0 saturated heterocycles. The molecule has 0 aliphatic rings. The number of nitrogens with zero attached hydrogens (tertiary/aromatic N) is 1. The van der Waals surface area contributed by atoms with E-state index in [1.165, 1.54) is 6.92 Å². The van der Waals surface area contributed by atoms with Crippen LogP contribution in [0.2, 0.25) is 0 Å². The molecule has 0 saturated carbocycles. The van der Waals surface area contributed by atoms with Gasteiger partial charge in [-0.05, 0) is 13.0 Å². The second-order valence-electron chi connectivity index (χ2n) is 2.92. The number of hydrogen-bond donors (Lipinski definition) is 1. The molecule has 0 aliphatic heterocycles. The van der Waals surface area contributed by atoms with Gasteiger partial charge in [-0.25, -0.2) is 12.8 Å². The molecule has 1 N–H and O–H groups in total. The number of nitrogens with one attached hydrogen (secondary N) is 1. The van der Waals surface area contributed by atoms with E-state index in [1.807, 2.05) is 4.72 Å². The largest absolute Gasteiger partial charge is 0.293 e. The van der Waals surface area contributed by atoms with Crippen LogP contribution in [0.1, 0.15) is 6.92 Å². The van der Waals surface area contributed by atoms with Gasteiger partial charge in [0.1, 0.15) is 11.5 Å². The first-order valence-corrected chi connectivity index (χ1v) is 5.95. The summed E-state index contributed by atoms with van der Waals surface area (Å²) in [4.78, 5) is 9.77. The lowest BCUT2D eigenvalue weighted by Crippen LogP contribution is -2.15. The van der Waals surface area contributed by atoms with Gasteiger partial charge in [0.15, 0.2) is 0 Å². The van der Waals surface area contributed by atoms with Crippen molar-refractivity contribution in [2.24, 2.45) is 0 Å². The Morgan fingerprint density at radius 1 is 1.50 bits per heavy atom. The zero-order chi connectivity index (χ0) is 12.3. The van der Waals surface area contributed by atoms with Gasteiger partial charge in [-0.15, -0.1) is 0 Å². The van der Waals surface area contributed by atoms with Crippen molar-refractivity contribution in [3.8, 4) is 0 Å². The van der Waals surface area contributed by atoms with Crippen molar-refractivity contribution >= 4 is 21.4 Å². The van der Waals surface area contributed by atoms with E-state index in [1.54, 1.807) is 0 Å². The van der Waals surface area contributed by atoms with Crippen molar-refractivity contribution in [1.29, 1.82) is 0 Å². The first kappa shape index (κ1) is 12.4. The second kappa shape index (κ2) is 4.44. The Morgan fingerprint density at radius 2 is 2.12 bits per heavy atom. The molecule has 1 aromatic carbocycles. The summed E-state index contributed by atoms with van der Waals surface area (Å²) in [6.45, 7) is 1.37. The molecule has 0 atom stereocenters. The molecule has 0 aliphatic carbocycles. The second-order valence-corrected chi connectivity index (χ2v) is 4.94. The summed E-state index contributed by atoms with van der Waals surface area (Å²) in [5.41, 5.74) is -0.856. The summed E-state index contributed by atoms with van der Waals surface area (Å²) in [5, 5.41) is 10.6. The maximum atomic E-state index is 12.8. The van der Waals surface area contributed by atoms with Crippen LogP contribution in [0.25, 0.3) is 0 Å². The molecule has 0 radical (unpaired) electrons. The van der Waals surface area contributed by atoms with Crippen LogP contribution in [0.5, 0.6) is 0 Å². The molecule has 0 amide bonds. The van der Waals surface area contributed by atoms with E-state index < -0.39 is 26.5 Å². The average Bonchev–Trinajstić information content (AvgIpc) is 2.16. The van der Waals surface area contributed by atoms with Crippen molar-refractivity contribution in [2.45, 2.75) is 6.92 Å². The highest BCUT2D eigenvalue weighted by Crippen LogP contribution is 2.25. The number of benzene rings is 1. The number of nitro benzene ring substituents is 1. The number of nitro groups is 1. The van der Waals surface area contributed by atoms with Crippen LogP contribution in [0, 0.1) is 15.9 Å². The highest BCUT2D eigenvalue weighted by molar-refractivity contribution is 7.92. The van der Waals surface area contributed by atoms with Gasteiger partial charge in [-0.3, -0.25) is 14.8 Å². The van der Waals surface area contributed by atoms with E-state index in [-0.39, 0.29) is 11.4 Å². The highest BCUT2D eigenvalue weighted by Gasteiger charge is 2.18. The van der Waals surface area contributed by atoms with Gasteiger partial charge in [0, 0.05) is 12.1 Å². The molecule has 0 aromatic heterocycles. The molecule has 0 fully saturated rings. The standard InChI is InChI=1S/C8H9FN2O4S/c1-2-16(14,15)10-7-5-6(9)3-4-8(7)11(12)13/h3-5,10H,2H2,1H3. The zero-order valence-electron chi connectivity index (χ0n) is 8.31. The van der Waals surface area contributed by atoms with E-state index >= 15 is 0 Å². The van der Waals surface area contributed by atoms with Crippen LogP contribution in [0.4, 0.5) is 15.8 Å². The third kappa shape index (κ3) is 2.89. The molecular formula is C8H9FN2O4S. The average molecular weight is 248 g/mol. The smallest absolute Gasteiger partial charge is 0.277 e. The third-order valence-electron chi connectivity index (χ3n) is 1.80. The normalized spacial score (nSPS) is 11.1. The van der Waals surface area contributed by atoms with E-state index in [0.29, 0.717) is 0 Å². The van der Waals surface area contributed by atoms with Crippen LogP contribution in [-0.2, 0) is 10.0 Å². The van der Waals surface area contributed by atoms with Gasteiger partial charge < -0.3 is 0 Å². The fraction of sp³-hybridized carbons (Fsp3) is 0.250. The maximum Gasteiger partial charge on any atom is 0.293 e. The molecule has 6 nitrogen and oxygen atoms in total. The number of sulfonamides is 1. The van der Waals surface area contributed by atoms with Crippen LogP contribution in [0.15, 0.2) is 18.2 Å². The van der Waals surface area contributed by atoms with Crippen LogP contribution in [-0.4, -0.2) is 19.1 Å². The summed E-state index contributed by atoms with van der Waals surface area (Å²) < 4.78 is 37.2. The lowest BCUT2D eigenvalue weighted by molar-refractivity contribution is -0.383. The van der Waals surface area contributed by atoms with Gasteiger partial charge in [-0.1, -0.05) is 0 Å². The van der Waals surface area contributed by atoms with Gasteiger partial charge >= 0.3 is 0 Å². The fourth-order valence-electron chi connectivity index (χ4n) is 0.989. The number of anilines is 1. The first-order chi connectivity index (χ1) is 7.35. The Bertz CT molecular complexity index is 515. The third-order valence-corrected chi connectivity index (χ3v) is 3.09. The number of halogens is 1. The Balaban J connectivity index is 3.21. The van der Waals surface area contributed by atoms with E-state index in [0.717, 1.165) is 18.2 Å². The van der Waals surface area contributed by atoms with Gasteiger partial charge in [0.05, 0.1) is 10.7 Å². The predicted octanol–water partition coefficient (Wildman–Crippen LogP) is 1.50. The van der Waals surface area contributed by atoms with E-state index in [9.17, 15) is 22.9 Å². The summed E-state index contributed by atoms with van der Waals surface area (Å²) >= 11 is 0. The molecule has 16 heavy (non-hydrogen) atoms. The van der Waals surface area contributed by atoms with E-state index in [4.69, 9.17) is 0 Å². The molecule has 88 valence electrons. The van der Waals surface area contributed by atoms with Crippen LogP contribution >= 0.6 is 0 Å². The topological polar surface area (TPSA) is 89.3 Å². The quantitative estimate of drug-likeness (QED) is 0.645. The van der Waals surface area contributed by atoms with Gasteiger partial charge in [0.2, 0.25) is 10.0 Å². The number of hydrogen-bond acceptors (Lipinski definition) is 4. The van der Waals surface area contributed by atoms with Crippen LogP contribution < -0.4 is 4.72 Å². The Labute approximate surface area is 91.3 Å². The van der Waals surface area contributed by atoms with Crippen molar-refractivity contribution in [2.75, 3.05) is 10.5 Å². The maximum absolute atomic E-state index is 12.8. The molecule has 8 heteroatoms. The Kier molecular flexibility index (Phi) is 3.43.